The molecule has 0 aliphatic carbocycles. The van der Waals surface area contributed by atoms with Crippen LogP contribution in [-0.2, 0) is 9.53 Å². The summed E-state index contributed by atoms with van der Waals surface area (Å²) in [6.07, 6.45) is 0. The predicted octanol–water partition coefficient (Wildman–Crippen LogP) is 2.35. The van der Waals surface area contributed by atoms with E-state index < -0.39 is 22.4 Å². The second-order valence-corrected chi connectivity index (χ2v) is 5.94. The van der Waals surface area contributed by atoms with Crippen molar-refractivity contribution in [3.05, 3.63) is 73.0 Å². The highest BCUT2D eigenvalue weighted by Gasteiger charge is 2.37. The maximum atomic E-state index is 12.6. The van der Waals surface area contributed by atoms with Gasteiger partial charge in [-0.05, 0) is 26.3 Å². The molecule has 0 amide bonds. The molecule has 1 N–H and O–H groups in total. The van der Waals surface area contributed by atoms with Crippen molar-refractivity contribution in [3.63, 3.8) is 0 Å². The SMILES string of the molecule is CCOC(=O)C1=C(C)Oc2nc(C)[nH]c(=O)c2C1c1ccc([N+](=O)[O-])cc1. The molecule has 0 bridgehead atoms. The van der Waals surface area contributed by atoms with E-state index in [1.807, 2.05) is 0 Å². The van der Waals surface area contributed by atoms with Gasteiger partial charge in [-0.1, -0.05) is 12.1 Å². The van der Waals surface area contributed by atoms with Crippen LogP contribution in [0.3, 0.4) is 0 Å². The average molecular weight is 371 g/mol. The van der Waals surface area contributed by atoms with Gasteiger partial charge in [-0.3, -0.25) is 14.9 Å². The Morgan fingerprint density at radius 1 is 1.33 bits per heavy atom. The normalized spacial score (nSPS) is 15.7. The van der Waals surface area contributed by atoms with Gasteiger partial charge in [-0.15, -0.1) is 0 Å². The lowest BCUT2D eigenvalue weighted by atomic mass is 9.83. The van der Waals surface area contributed by atoms with E-state index in [2.05, 4.69) is 9.97 Å². The lowest BCUT2D eigenvalue weighted by molar-refractivity contribution is -0.384. The van der Waals surface area contributed by atoms with E-state index in [-0.39, 0.29) is 35.1 Å². The molecule has 0 fully saturated rings. The van der Waals surface area contributed by atoms with Gasteiger partial charge in [0, 0.05) is 12.1 Å². The first kappa shape index (κ1) is 18.3. The average Bonchev–Trinajstić information content (AvgIpc) is 2.60. The second-order valence-electron chi connectivity index (χ2n) is 5.94. The Balaban J connectivity index is 2.23. The minimum atomic E-state index is -0.814. The van der Waals surface area contributed by atoms with E-state index in [1.165, 1.54) is 24.3 Å². The molecule has 1 aliphatic rings. The van der Waals surface area contributed by atoms with Crippen molar-refractivity contribution >= 4 is 11.7 Å². The fourth-order valence-corrected chi connectivity index (χ4v) is 3.04. The Morgan fingerprint density at radius 3 is 2.59 bits per heavy atom. The van der Waals surface area contributed by atoms with Gasteiger partial charge in [-0.2, -0.15) is 4.98 Å². The zero-order valence-corrected chi connectivity index (χ0v) is 14.9. The number of aromatic amines is 1. The standard InChI is InChI=1S/C18H17N3O6/c1-4-26-18(23)13-9(2)27-17-15(16(22)19-10(3)20-17)14(13)11-5-7-12(8-6-11)21(24)25/h5-8,14H,4H2,1-3H3,(H,19,20,22). The van der Waals surface area contributed by atoms with Gasteiger partial charge in [0.2, 0.25) is 5.88 Å². The Kier molecular flexibility index (Phi) is 4.76. The quantitative estimate of drug-likeness (QED) is 0.497. The molecule has 9 nitrogen and oxygen atoms in total. The van der Waals surface area contributed by atoms with Crippen molar-refractivity contribution in [2.75, 3.05) is 6.61 Å². The minimum absolute atomic E-state index is 0.0969. The summed E-state index contributed by atoms with van der Waals surface area (Å²) in [6.45, 7) is 5.03. The summed E-state index contributed by atoms with van der Waals surface area (Å²) in [4.78, 5) is 42.4. The number of hydrogen-bond acceptors (Lipinski definition) is 7. The Hall–Kier alpha value is -3.49. The number of nitrogens with zero attached hydrogens (tertiary/aromatic N) is 2. The molecule has 2 aromatic rings. The van der Waals surface area contributed by atoms with Gasteiger partial charge in [0.05, 0.1) is 28.6 Å². The fourth-order valence-electron chi connectivity index (χ4n) is 3.04. The number of ether oxygens (including phenoxy) is 2. The van der Waals surface area contributed by atoms with E-state index >= 15 is 0 Å². The van der Waals surface area contributed by atoms with Crippen molar-refractivity contribution in [2.45, 2.75) is 26.7 Å². The molecule has 1 unspecified atom stereocenters. The van der Waals surface area contributed by atoms with Crippen LogP contribution in [0, 0.1) is 17.0 Å². The fraction of sp³-hybridized carbons (Fsp3) is 0.278. The van der Waals surface area contributed by atoms with Crippen molar-refractivity contribution in [1.29, 1.82) is 0 Å². The molecule has 27 heavy (non-hydrogen) atoms. The van der Waals surface area contributed by atoms with Crippen LogP contribution in [0.5, 0.6) is 5.88 Å². The number of H-pyrrole nitrogens is 1. The maximum Gasteiger partial charge on any atom is 0.338 e. The third-order valence-corrected chi connectivity index (χ3v) is 4.18. The number of aromatic nitrogens is 2. The largest absolute Gasteiger partial charge is 0.463 e. The van der Waals surface area contributed by atoms with Crippen LogP contribution >= 0.6 is 0 Å². The maximum absolute atomic E-state index is 12.6. The summed E-state index contributed by atoms with van der Waals surface area (Å²) < 4.78 is 10.8. The van der Waals surface area contributed by atoms with Crippen LogP contribution < -0.4 is 10.3 Å². The number of fused-ring (bicyclic) bond motifs is 1. The van der Waals surface area contributed by atoms with Crippen LogP contribution in [0.25, 0.3) is 0 Å². The highest BCUT2D eigenvalue weighted by molar-refractivity contribution is 5.92. The van der Waals surface area contributed by atoms with Crippen LogP contribution in [0.1, 0.15) is 36.7 Å². The number of benzene rings is 1. The number of nitro groups is 1. The molecular weight excluding hydrogens is 354 g/mol. The monoisotopic (exact) mass is 371 g/mol. The second kappa shape index (κ2) is 7.02. The van der Waals surface area contributed by atoms with E-state index in [9.17, 15) is 19.7 Å². The highest BCUT2D eigenvalue weighted by atomic mass is 16.6. The molecule has 0 spiro atoms. The van der Waals surface area contributed by atoms with Gasteiger partial charge in [0.1, 0.15) is 11.6 Å². The van der Waals surface area contributed by atoms with Crippen LogP contribution in [0.4, 0.5) is 5.69 Å². The van der Waals surface area contributed by atoms with Gasteiger partial charge in [0.25, 0.3) is 11.2 Å². The predicted molar refractivity (Wildman–Crippen MR) is 94.5 cm³/mol. The Morgan fingerprint density at radius 2 is 2.00 bits per heavy atom. The van der Waals surface area contributed by atoms with Crippen molar-refractivity contribution < 1.29 is 19.2 Å². The first-order valence-electron chi connectivity index (χ1n) is 8.24. The Bertz CT molecular complexity index is 1010. The van der Waals surface area contributed by atoms with E-state index in [1.54, 1.807) is 20.8 Å². The molecule has 140 valence electrons. The number of allylic oxidation sites excluding steroid dienone is 1. The van der Waals surface area contributed by atoms with Gasteiger partial charge in [-0.25, -0.2) is 4.79 Å². The third-order valence-electron chi connectivity index (χ3n) is 4.18. The van der Waals surface area contributed by atoms with Crippen molar-refractivity contribution in [2.24, 2.45) is 0 Å². The first-order valence-corrected chi connectivity index (χ1v) is 8.24. The number of nitrogens with one attached hydrogen (secondary N) is 1. The van der Waals surface area contributed by atoms with Gasteiger partial charge >= 0.3 is 5.97 Å². The topological polar surface area (TPSA) is 124 Å². The molecule has 0 radical (unpaired) electrons. The molecular formula is C18H17N3O6. The van der Waals surface area contributed by atoms with Crippen LogP contribution in [0.15, 0.2) is 40.4 Å². The summed E-state index contributed by atoms with van der Waals surface area (Å²) >= 11 is 0. The van der Waals surface area contributed by atoms with E-state index in [0.29, 0.717) is 11.4 Å². The van der Waals surface area contributed by atoms with E-state index in [4.69, 9.17) is 9.47 Å². The van der Waals surface area contributed by atoms with Gasteiger partial charge < -0.3 is 14.5 Å². The number of non-ortho nitro benzene ring substituents is 1. The molecule has 0 saturated heterocycles. The molecule has 1 atom stereocenters. The van der Waals surface area contributed by atoms with Gasteiger partial charge in [0.15, 0.2) is 0 Å². The van der Waals surface area contributed by atoms with Crippen LogP contribution in [0.2, 0.25) is 0 Å². The third kappa shape index (κ3) is 3.31. The zero-order chi connectivity index (χ0) is 19.7. The summed E-state index contributed by atoms with van der Waals surface area (Å²) in [5.74, 6) is -0.699. The summed E-state index contributed by atoms with van der Waals surface area (Å²) in [5, 5.41) is 10.9. The lowest BCUT2D eigenvalue weighted by Crippen LogP contribution is -2.30. The molecule has 1 aliphatic heterocycles. The molecule has 2 heterocycles. The number of hydrogen-bond donors (Lipinski definition) is 1. The first-order chi connectivity index (χ1) is 12.8. The van der Waals surface area contributed by atoms with Crippen LogP contribution in [-0.4, -0.2) is 27.5 Å². The molecule has 1 aromatic carbocycles. The molecule has 1 aromatic heterocycles. The van der Waals surface area contributed by atoms with E-state index in [0.717, 1.165) is 0 Å². The summed E-state index contributed by atoms with van der Waals surface area (Å²) in [7, 11) is 0. The number of carbonyl (C=O) groups is 1. The number of carbonyl (C=O) groups excluding carboxylic acids is 1. The highest BCUT2D eigenvalue weighted by Crippen LogP contribution is 2.41. The molecule has 3 rings (SSSR count). The van der Waals surface area contributed by atoms with Crippen molar-refractivity contribution in [1.82, 2.24) is 9.97 Å². The zero-order valence-electron chi connectivity index (χ0n) is 14.9. The van der Waals surface area contributed by atoms with Crippen molar-refractivity contribution in [3.8, 4) is 5.88 Å². The lowest BCUT2D eigenvalue weighted by Gasteiger charge is -2.27. The molecule has 9 heteroatoms. The smallest absolute Gasteiger partial charge is 0.338 e. The summed E-state index contributed by atoms with van der Waals surface area (Å²) in [6, 6.07) is 5.64. The number of nitro benzene ring substituents is 1. The number of rotatable bonds is 4. The minimum Gasteiger partial charge on any atom is -0.463 e. The molecule has 0 saturated carbocycles. The number of esters is 1. The number of aryl methyl sites for hydroxylation is 1. The Labute approximate surface area is 153 Å². The summed E-state index contributed by atoms with van der Waals surface area (Å²) in [5.41, 5.74) is 0.289.